The van der Waals surface area contributed by atoms with Crippen LogP contribution in [-0.2, 0) is 4.74 Å². The Hall–Kier alpha value is -1.55. The van der Waals surface area contributed by atoms with Gasteiger partial charge in [-0.2, -0.15) is 0 Å². The van der Waals surface area contributed by atoms with Gasteiger partial charge in [0.15, 0.2) is 5.75 Å². The summed E-state index contributed by atoms with van der Waals surface area (Å²) in [5, 5.41) is 9.25. The van der Waals surface area contributed by atoms with Crippen molar-refractivity contribution in [2.45, 2.75) is 0 Å². The summed E-state index contributed by atoms with van der Waals surface area (Å²) >= 11 is 0. The largest absolute Gasteiger partial charge is 0.504 e. The summed E-state index contributed by atoms with van der Waals surface area (Å²) in [5.74, 6) is -0.213. The molecule has 0 unspecified atom stereocenters. The molecule has 0 amide bonds. The van der Waals surface area contributed by atoms with Crippen molar-refractivity contribution >= 4 is 5.69 Å². The first-order chi connectivity index (χ1) is 7.27. The van der Waals surface area contributed by atoms with Crippen LogP contribution in [0, 0.1) is 0 Å². The Bertz CT molecular complexity index is 399. The third-order valence-corrected chi connectivity index (χ3v) is 2.45. The highest BCUT2D eigenvalue weighted by Gasteiger charge is 2.10. The summed E-state index contributed by atoms with van der Waals surface area (Å²) in [6, 6.07) is 6.31. The Morgan fingerprint density at radius 2 is 1.80 bits per heavy atom. The summed E-state index contributed by atoms with van der Waals surface area (Å²) in [4.78, 5) is 13.3. The smallest absolute Gasteiger partial charge is 0.220 e. The molecule has 1 aromatic rings. The van der Waals surface area contributed by atoms with Gasteiger partial charge in [0.2, 0.25) is 5.43 Å². The Morgan fingerprint density at radius 3 is 2.53 bits per heavy atom. The van der Waals surface area contributed by atoms with Crippen molar-refractivity contribution in [2.75, 3.05) is 31.2 Å². The average Bonchev–Trinajstić information content (AvgIpc) is 2.44. The standard InChI is InChI=1S/C11H13NO3/c13-10-3-1-9(2-4-11(10)14)12-5-7-15-8-6-12/h1-4H,5-8H2,(H,13,14). The molecule has 1 saturated heterocycles. The van der Waals surface area contributed by atoms with E-state index in [0.717, 1.165) is 18.8 Å². The molecule has 0 spiro atoms. The fourth-order valence-electron chi connectivity index (χ4n) is 1.58. The molecule has 1 N–H and O–H groups in total. The maximum atomic E-state index is 11.2. The van der Waals surface area contributed by atoms with E-state index >= 15 is 0 Å². The highest BCUT2D eigenvalue weighted by Crippen LogP contribution is 2.14. The molecule has 80 valence electrons. The SMILES string of the molecule is O=c1ccc(N2CCOCC2)ccc1O. The van der Waals surface area contributed by atoms with Gasteiger partial charge in [0.05, 0.1) is 13.2 Å². The topological polar surface area (TPSA) is 49.8 Å². The van der Waals surface area contributed by atoms with Gasteiger partial charge in [-0.25, -0.2) is 0 Å². The van der Waals surface area contributed by atoms with E-state index in [2.05, 4.69) is 4.90 Å². The molecular weight excluding hydrogens is 194 g/mol. The first-order valence-corrected chi connectivity index (χ1v) is 4.93. The fraction of sp³-hybridized carbons (Fsp3) is 0.364. The number of ether oxygens (including phenoxy) is 1. The molecule has 1 aliphatic heterocycles. The zero-order valence-corrected chi connectivity index (χ0v) is 8.35. The van der Waals surface area contributed by atoms with Crippen molar-refractivity contribution in [2.24, 2.45) is 0 Å². The molecule has 1 heterocycles. The highest BCUT2D eigenvalue weighted by molar-refractivity contribution is 5.47. The molecule has 0 radical (unpaired) electrons. The van der Waals surface area contributed by atoms with Crippen LogP contribution in [0.25, 0.3) is 0 Å². The number of nitrogens with zero attached hydrogens (tertiary/aromatic N) is 1. The number of aromatic hydroxyl groups is 1. The van der Waals surface area contributed by atoms with Gasteiger partial charge in [-0.15, -0.1) is 0 Å². The lowest BCUT2D eigenvalue weighted by atomic mass is 10.3. The lowest BCUT2D eigenvalue weighted by Gasteiger charge is -2.28. The normalized spacial score (nSPS) is 16.4. The van der Waals surface area contributed by atoms with E-state index in [1.807, 2.05) is 0 Å². The van der Waals surface area contributed by atoms with Crippen LogP contribution < -0.4 is 10.3 Å². The van der Waals surface area contributed by atoms with E-state index in [1.54, 1.807) is 12.1 Å². The van der Waals surface area contributed by atoms with E-state index < -0.39 is 0 Å². The lowest BCUT2D eigenvalue weighted by molar-refractivity contribution is 0.122. The monoisotopic (exact) mass is 207 g/mol. The molecule has 4 nitrogen and oxygen atoms in total. The van der Waals surface area contributed by atoms with Crippen molar-refractivity contribution in [3.63, 3.8) is 0 Å². The molecule has 0 aliphatic carbocycles. The van der Waals surface area contributed by atoms with E-state index in [1.165, 1.54) is 12.1 Å². The van der Waals surface area contributed by atoms with Crippen LogP contribution in [0.1, 0.15) is 0 Å². The Labute approximate surface area is 87.7 Å². The molecule has 2 rings (SSSR count). The summed E-state index contributed by atoms with van der Waals surface area (Å²) in [6.07, 6.45) is 0. The number of morpholine rings is 1. The van der Waals surface area contributed by atoms with E-state index in [-0.39, 0.29) is 11.2 Å². The molecule has 0 aromatic heterocycles. The number of rotatable bonds is 1. The van der Waals surface area contributed by atoms with Gasteiger partial charge in [0, 0.05) is 18.8 Å². The third kappa shape index (κ3) is 2.27. The van der Waals surface area contributed by atoms with E-state index in [9.17, 15) is 9.90 Å². The van der Waals surface area contributed by atoms with Crippen LogP contribution in [0.5, 0.6) is 5.75 Å². The summed E-state index contributed by atoms with van der Waals surface area (Å²) < 4.78 is 5.24. The zero-order chi connectivity index (χ0) is 10.7. The maximum Gasteiger partial charge on any atom is 0.220 e. The molecule has 1 aliphatic rings. The molecule has 0 bridgehead atoms. The molecule has 0 saturated carbocycles. The second-order valence-corrected chi connectivity index (χ2v) is 3.44. The van der Waals surface area contributed by atoms with Gasteiger partial charge in [-0.05, 0) is 24.3 Å². The van der Waals surface area contributed by atoms with Crippen molar-refractivity contribution in [3.8, 4) is 5.75 Å². The van der Waals surface area contributed by atoms with Crippen LogP contribution in [0.3, 0.4) is 0 Å². The molecular formula is C11H13NO3. The number of hydrogen-bond acceptors (Lipinski definition) is 4. The van der Waals surface area contributed by atoms with Crippen LogP contribution in [0.2, 0.25) is 0 Å². The second kappa shape index (κ2) is 4.31. The van der Waals surface area contributed by atoms with Crippen molar-refractivity contribution in [1.82, 2.24) is 0 Å². The van der Waals surface area contributed by atoms with E-state index in [4.69, 9.17) is 4.74 Å². The minimum Gasteiger partial charge on any atom is -0.504 e. The van der Waals surface area contributed by atoms with Crippen molar-refractivity contribution in [3.05, 3.63) is 34.5 Å². The predicted octanol–water partition coefficient (Wildman–Crippen LogP) is 0.589. The maximum absolute atomic E-state index is 11.2. The Kier molecular flexibility index (Phi) is 2.87. The van der Waals surface area contributed by atoms with Gasteiger partial charge >= 0.3 is 0 Å². The molecule has 4 heteroatoms. The van der Waals surface area contributed by atoms with Gasteiger partial charge < -0.3 is 14.7 Å². The van der Waals surface area contributed by atoms with Crippen LogP contribution in [-0.4, -0.2) is 31.4 Å². The summed E-state index contributed by atoms with van der Waals surface area (Å²) in [6.45, 7) is 3.04. The van der Waals surface area contributed by atoms with Crippen LogP contribution in [0.4, 0.5) is 5.69 Å². The van der Waals surface area contributed by atoms with Gasteiger partial charge in [0.1, 0.15) is 0 Å². The number of hydrogen-bond donors (Lipinski definition) is 1. The lowest BCUT2D eigenvalue weighted by Crippen LogP contribution is -2.36. The van der Waals surface area contributed by atoms with Crippen molar-refractivity contribution < 1.29 is 9.84 Å². The molecule has 1 aromatic carbocycles. The van der Waals surface area contributed by atoms with Crippen molar-refractivity contribution in [1.29, 1.82) is 0 Å². The van der Waals surface area contributed by atoms with Crippen LogP contribution in [0.15, 0.2) is 29.1 Å². The van der Waals surface area contributed by atoms with Gasteiger partial charge in [-0.3, -0.25) is 4.79 Å². The molecule has 15 heavy (non-hydrogen) atoms. The minimum atomic E-state index is -0.352. The predicted molar refractivity (Wildman–Crippen MR) is 57.4 cm³/mol. The number of anilines is 1. The first-order valence-electron chi connectivity index (χ1n) is 4.93. The summed E-state index contributed by atoms with van der Waals surface area (Å²) in [7, 11) is 0. The van der Waals surface area contributed by atoms with E-state index in [0.29, 0.717) is 13.2 Å². The molecule has 0 atom stereocenters. The van der Waals surface area contributed by atoms with Gasteiger partial charge in [-0.1, -0.05) is 0 Å². The van der Waals surface area contributed by atoms with Crippen LogP contribution >= 0.6 is 0 Å². The quantitative estimate of drug-likeness (QED) is 0.732. The molecule has 1 fully saturated rings. The second-order valence-electron chi connectivity index (χ2n) is 3.44. The zero-order valence-electron chi connectivity index (χ0n) is 8.35. The third-order valence-electron chi connectivity index (χ3n) is 2.45. The highest BCUT2D eigenvalue weighted by atomic mass is 16.5. The Balaban J connectivity index is 2.29. The summed E-state index contributed by atoms with van der Waals surface area (Å²) in [5.41, 5.74) is 0.588. The first kappa shape index (κ1) is 9.98. The Morgan fingerprint density at radius 1 is 1.13 bits per heavy atom. The minimum absolute atomic E-state index is 0.213. The fourth-order valence-corrected chi connectivity index (χ4v) is 1.58. The van der Waals surface area contributed by atoms with Gasteiger partial charge in [0.25, 0.3) is 0 Å². The average molecular weight is 207 g/mol.